The van der Waals surface area contributed by atoms with E-state index >= 15 is 0 Å². The fourth-order valence-corrected chi connectivity index (χ4v) is 2.89. The summed E-state index contributed by atoms with van der Waals surface area (Å²) in [6.07, 6.45) is 3.83. The van der Waals surface area contributed by atoms with Gasteiger partial charge in [-0.1, -0.05) is 20.3 Å². The average molecular weight is 167 g/mol. The van der Waals surface area contributed by atoms with Crippen molar-refractivity contribution in [2.24, 2.45) is 17.3 Å². The third-order valence-corrected chi connectivity index (χ3v) is 3.57. The van der Waals surface area contributed by atoms with Gasteiger partial charge in [-0.05, 0) is 24.2 Å². The van der Waals surface area contributed by atoms with E-state index < -0.39 is 0 Å². The summed E-state index contributed by atoms with van der Waals surface area (Å²) in [5.41, 5.74) is 0.366. The first kappa shape index (κ1) is 8.09. The summed E-state index contributed by atoms with van der Waals surface area (Å²) in [5.74, 6) is 1.10. The van der Waals surface area contributed by atoms with Gasteiger partial charge in [-0.25, -0.2) is 0 Å². The van der Waals surface area contributed by atoms with Gasteiger partial charge in [0.2, 0.25) is 5.91 Å². The van der Waals surface area contributed by atoms with Crippen molar-refractivity contribution in [1.29, 1.82) is 0 Å². The molecule has 1 saturated heterocycles. The third kappa shape index (κ3) is 0.900. The maximum atomic E-state index is 11.5. The number of amides is 1. The van der Waals surface area contributed by atoms with Crippen LogP contribution in [0.2, 0.25) is 0 Å². The summed E-state index contributed by atoms with van der Waals surface area (Å²) >= 11 is 0. The van der Waals surface area contributed by atoms with E-state index in [9.17, 15) is 4.79 Å². The fourth-order valence-electron chi connectivity index (χ4n) is 2.89. The molecular weight excluding hydrogens is 150 g/mol. The van der Waals surface area contributed by atoms with E-state index in [0.717, 1.165) is 6.54 Å². The molecule has 1 heterocycles. The molecule has 1 aliphatic heterocycles. The number of hydrogen-bond donors (Lipinski definition) is 1. The molecule has 1 N–H and O–H groups in total. The molecule has 1 spiro atoms. The van der Waals surface area contributed by atoms with Crippen molar-refractivity contribution in [1.82, 2.24) is 5.32 Å². The molecule has 12 heavy (non-hydrogen) atoms. The van der Waals surface area contributed by atoms with E-state index in [2.05, 4.69) is 19.2 Å². The minimum absolute atomic E-state index is 0.296. The zero-order valence-corrected chi connectivity index (χ0v) is 7.89. The zero-order chi connectivity index (χ0) is 8.77. The second-order valence-electron chi connectivity index (χ2n) is 4.66. The van der Waals surface area contributed by atoms with Crippen LogP contribution in [0.1, 0.15) is 33.1 Å². The Morgan fingerprint density at radius 2 is 2.17 bits per heavy atom. The molecule has 2 heteroatoms. The number of nitrogens with one attached hydrogen (secondary N) is 1. The van der Waals surface area contributed by atoms with Gasteiger partial charge >= 0.3 is 0 Å². The van der Waals surface area contributed by atoms with Gasteiger partial charge < -0.3 is 5.32 Å². The van der Waals surface area contributed by atoms with Gasteiger partial charge in [-0.15, -0.1) is 0 Å². The minimum Gasteiger partial charge on any atom is -0.355 e. The van der Waals surface area contributed by atoms with Crippen molar-refractivity contribution in [2.45, 2.75) is 33.1 Å². The molecular formula is C10H17NO. The van der Waals surface area contributed by atoms with Crippen LogP contribution in [-0.2, 0) is 4.79 Å². The summed E-state index contributed by atoms with van der Waals surface area (Å²) in [4.78, 5) is 11.5. The fraction of sp³-hybridized carbons (Fsp3) is 0.900. The molecule has 0 bridgehead atoms. The van der Waals surface area contributed by atoms with Crippen LogP contribution in [0, 0.1) is 17.3 Å². The Labute approximate surface area is 73.7 Å². The van der Waals surface area contributed by atoms with Gasteiger partial charge in [-0.2, -0.15) is 0 Å². The smallest absolute Gasteiger partial charge is 0.224 e. The minimum atomic E-state index is 0.296. The molecule has 2 aliphatic rings. The normalized spacial score (nSPS) is 32.2. The molecule has 1 unspecified atom stereocenters. The number of rotatable bonds is 1. The predicted molar refractivity (Wildman–Crippen MR) is 47.6 cm³/mol. The van der Waals surface area contributed by atoms with E-state index in [-0.39, 0.29) is 0 Å². The lowest BCUT2D eigenvalue weighted by Crippen LogP contribution is -2.40. The highest BCUT2D eigenvalue weighted by Gasteiger charge is 2.52. The van der Waals surface area contributed by atoms with E-state index in [1.807, 2.05) is 0 Å². The SMILES string of the molecule is CC(C)C1C(=O)NCC12CCC2. The third-order valence-electron chi connectivity index (χ3n) is 3.57. The summed E-state index contributed by atoms with van der Waals surface area (Å²) in [5, 5.41) is 3.00. The number of carbonyl (C=O) groups excluding carboxylic acids is 1. The van der Waals surface area contributed by atoms with Gasteiger partial charge in [-0.3, -0.25) is 4.79 Å². The first-order valence-corrected chi connectivity index (χ1v) is 4.93. The predicted octanol–water partition coefficient (Wildman–Crippen LogP) is 1.56. The van der Waals surface area contributed by atoms with Crippen molar-refractivity contribution in [3.8, 4) is 0 Å². The Hall–Kier alpha value is -0.530. The van der Waals surface area contributed by atoms with Crippen LogP contribution in [0.3, 0.4) is 0 Å². The average Bonchev–Trinajstić information content (AvgIpc) is 2.25. The maximum absolute atomic E-state index is 11.5. The largest absolute Gasteiger partial charge is 0.355 e. The second kappa shape index (κ2) is 2.48. The van der Waals surface area contributed by atoms with Crippen LogP contribution in [-0.4, -0.2) is 12.5 Å². The Morgan fingerprint density at radius 3 is 2.50 bits per heavy atom. The summed E-state index contributed by atoms with van der Waals surface area (Å²) in [6, 6.07) is 0. The molecule has 0 aromatic rings. The second-order valence-corrected chi connectivity index (χ2v) is 4.66. The van der Waals surface area contributed by atoms with E-state index in [1.165, 1.54) is 19.3 Å². The van der Waals surface area contributed by atoms with Gasteiger partial charge in [0.15, 0.2) is 0 Å². The van der Waals surface area contributed by atoms with E-state index in [1.54, 1.807) is 0 Å². The van der Waals surface area contributed by atoms with Crippen LogP contribution in [0.5, 0.6) is 0 Å². The van der Waals surface area contributed by atoms with E-state index in [4.69, 9.17) is 0 Å². The Kier molecular flexibility index (Phi) is 1.67. The summed E-state index contributed by atoms with van der Waals surface area (Å²) in [6.45, 7) is 5.26. The molecule has 2 rings (SSSR count). The number of carbonyl (C=O) groups is 1. The van der Waals surface area contributed by atoms with Gasteiger partial charge in [0.1, 0.15) is 0 Å². The first-order chi connectivity index (χ1) is 5.66. The van der Waals surface area contributed by atoms with Crippen molar-refractivity contribution in [3.05, 3.63) is 0 Å². The molecule has 0 aromatic heterocycles. The van der Waals surface area contributed by atoms with Crippen LogP contribution in [0.25, 0.3) is 0 Å². The molecule has 2 nitrogen and oxygen atoms in total. The Bertz CT molecular complexity index is 206. The monoisotopic (exact) mass is 167 g/mol. The highest BCUT2D eigenvalue weighted by molar-refractivity contribution is 5.82. The quantitative estimate of drug-likeness (QED) is 0.631. The summed E-state index contributed by atoms with van der Waals surface area (Å²) < 4.78 is 0. The topological polar surface area (TPSA) is 29.1 Å². The van der Waals surface area contributed by atoms with Gasteiger partial charge in [0.25, 0.3) is 0 Å². The van der Waals surface area contributed by atoms with Crippen molar-refractivity contribution in [3.63, 3.8) is 0 Å². The molecule has 2 fully saturated rings. The van der Waals surface area contributed by atoms with Crippen LogP contribution < -0.4 is 5.32 Å². The molecule has 0 radical (unpaired) electrons. The molecule has 1 amide bonds. The molecule has 1 atom stereocenters. The van der Waals surface area contributed by atoms with Crippen LogP contribution in [0.15, 0.2) is 0 Å². The summed E-state index contributed by atoms with van der Waals surface area (Å²) in [7, 11) is 0. The zero-order valence-electron chi connectivity index (χ0n) is 7.89. The van der Waals surface area contributed by atoms with Crippen LogP contribution in [0.4, 0.5) is 0 Å². The van der Waals surface area contributed by atoms with E-state index in [0.29, 0.717) is 23.2 Å². The molecule has 1 saturated carbocycles. The van der Waals surface area contributed by atoms with Gasteiger partial charge in [0, 0.05) is 12.5 Å². The highest BCUT2D eigenvalue weighted by Crippen LogP contribution is 2.51. The van der Waals surface area contributed by atoms with Crippen molar-refractivity contribution < 1.29 is 4.79 Å². The van der Waals surface area contributed by atoms with Crippen molar-refractivity contribution >= 4 is 5.91 Å². The molecule has 68 valence electrons. The highest BCUT2D eigenvalue weighted by atomic mass is 16.2. The molecule has 0 aromatic carbocycles. The first-order valence-electron chi connectivity index (χ1n) is 4.93. The lowest BCUT2D eigenvalue weighted by Gasteiger charge is -2.43. The van der Waals surface area contributed by atoms with Crippen molar-refractivity contribution in [2.75, 3.05) is 6.54 Å². The molecule has 1 aliphatic carbocycles. The Morgan fingerprint density at radius 1 is 1.50 bits per heavy atom. The lowest BCUT2D eigenvalue weighted by atomic mass is 9.60. The maximum Gasteiger partial charge on any atom is 0.224 e. The Balaban J connectivity index is 2.19. The standard InChI is InChI=1S/C10H17NO/c1-7(2)8-9(12)11-6-10(8)4-3-5-10/h7-8H,3-6H2,1-2H3,(H,11,12). The van der Waals surface area contributed by atoms with Gasteiger partial charge in [0.05, 0.1) is 0 Å². The number of hydrogen-bond acceptors (Lipinski definition) is 1. The van der Waals surface area contributed by atoms with Crippen LogP contribution >= 0.6 is 0 Å². The lowest BCUT2D eigenvalue weighted by molar-refractivity contribution is -0.126.